The Kier molecular flexibility index (Phi) is 7.13. The molecule has 8 nitrogen and oxygen atoms in total. The van der Waals surface area contributed by atoms with Gasteiger partial charge in [0.2, 0.25) is 10.0 Å². The number of hydrogen-bond acceptors (Lipinski definition) is 6. The fourth-order valence-electron chi connectivity index (χ4n) is 4.56. The van der Waals surface area contributed by atoms with E-state index in [1.807, 2.05) is 0 Å². The van der Waals surface area contributed by atoms with Crippen LogP contribution in [0.2, 0.25) is 0 Å². The SMILES string of the molecule is CN(C)C(CNc1ccc([N+](=O)[O-])cc1S(=O)(=O)N1CCCC1)C1CCCCC1. The molecule has 2 aliphatic rings. The van der Waals surface area contributed by atoms with E-state index in [1.54, 1.807) is 0 Å². The first-order valence-electron chi connectivity index (χ1n) is 10.5. The van der Waals surface area contributed by atoms with E-state index >= 15 is 0 Å². The van der Waals surface area contributed by atoms with Crippen molar-refractivity contribution < 1.29 is 13.3 Å². The molecule has 0 amide bonds. The minimum Gasteiger partial charge on any atom is -0.382 e. The van der Waals surface area contributed by atoms with Crippen molar-refractivity contribution in [2.45, 2.75) is 55.9 Å². The molecule has 1 atom stereocenters. The summed E-state index contributed by atoms with van der Waals surface area (Å²) >= 11 is 0. The maximum atomic E-state index is 13.2. The molecule has 0 aromatic heterocycles. The van der Waals surface area contributed by atoms with Crippen LogP contribution in [-0.4, -0.2) is 62.3 Å². The van der Waals surface area contributed by atoms with E-state index in [9.17, 15) is 18.5 Å². The number of rotatable bonds is 8. The van der Waals surface area contributed by atoms with Crippen LogP contribution in [0, 0.1) is 16.0 Å². The van der Waals surface area contributed by atoms with Gasteiger partial charge in [0.05, 0.1) is 10.6 Å². The highest BCUT2D eigenvalue weighted by Crippen LogP contribution is 2.32. The Hall–Kier alpha value is -1.71. The number of nitro groups is 1. The molecule has 3 rings (SSSR count). The summed E-state index contributed by atoms with van der Waals surface area (Å²) < 4.78 is 27.8. The summed E-state index contributed by atoms with van der Waals surface area (Å²) in [5.74, 6) is 0.572. The summed E-state index contributed by atoms with van der Waals surface area (Å²) in [6.07, 6.45) is 7.77. The zero-order chi connectivity index (χ0) is 21.0. The topological polar surface area (TPSA) is 95.8 Å². The fourth-order valence-corrected chi connectivity index (χ4v) is 6.26. The van der Waals surface area contributed by atoms with Gasteiger partial charge in [-0.1, -0.05) is 19.3 Å². The lowest BCUT2D eigenvalue weighted by Gasteiger charge is -2.35. The predicted molar refractivity (Wildman–Crippen MR) is 114 cm³/mol. The van der Waals surface area contributed by atoms with Gasteiger partial charge in [0.1, 0.15) is 4.90 Å². The van der Waals surface area contributed by atoms with Crippen molar-refractivity contribution >= 4 is 21.4 Å². The van der Waals surface area contributed by atoms with Crippen molar-refractivity contribution in [3.05, 3.63) is 28.3 Å². The number of nitrogens with one attached hydrogen (secondary N) is 1. The number of non-ortho nitro benzene ring substituents is 1. The van der Waals surface area contributed by atoms with Crippen molar-refractivity contribution in [2.75, 3.05) is 39.0 Å². The largest absolute Gasteiger partial charge is 0.382 e. The zero-order valence-electron chi connectivity index (χ0n) is 17.3. The summed E-state index contributed by atoms with van der Waals surface area (Å²) in [5, 5.41) is 14.6. The summed E-state index contributed by atoms with van der Waals surface area (Å²) in [4.78, 5) is 12.9. The van der Waals surface area contributed by atoms with Crippen LogP contribution in [0.4, 0.5) is 11.4 Å². The molecule has 0 radical (unpaired) electrons. The van der Waals surface area contributed by atoms with Crippen molar-refractivity contribution in [1.29, 1.82) is 0 Å². The number of sulfonamides is 1. The molecule has 0 bridgehead atoms. The van der Waals surface area contributed by atoms with Crippen LogP contribution in [0.1, 0.15) is 44.9 Å². The molecule has 1 aliphatic heterocycles. The molecular weight excluding hydrogens is 392 g/mol. The Morgan fingerprint density at radius 2 is 1.83 bits per heavy atom. The van der Waals surface area contributed by atoms with Crippen molar-refractivity contribution in [2.24, 2.45) is 5.92 Å². The number of anilines is 1. The Morgan fingerprint density at radius 1 is 1.17 bits per heavy atom. The molecule has 1 aromatic rings. The fraction of sp³-hybridized carbons (Fsp3) is 0.700. The van der Waals surface area contributed by atoms with Crippen LogP contribution in [0.3, 0.4) is 0 Å². The summed E-state index contributed by atoms with van der Waals surface area (Å²) in [7, 11) is 0.343. The van der Waals surface area contributed by atoms with Gasteiger partial charge in [0, 0.05) is 37.8 Å². The van der Waals surface area contributed by atoms with Crippen LogP contribution in [0.5, 0.6) is 0 Å². The van der Waals surface area contributed by atoms with E-state index in [1.165, 1.54) is 54.6 Å². The molecule has 1 saturated carbocycles. The summed E-state index contributed by atoms with van der Waals surface area (Å²) in [6.45, 7) is 1.54. The Labute approximate surface area is 173 Å². The molecule has 29 heavy (non-hydrogen) atoms. The van der Waals surface area contributed by atoms with Gasteiger partial charge >= 0.3 is 0 Å². The second kappa shape index (κ2) is 9.40. The smallest absolute Gasteiger partial charge is 0.270 e. The molecule has 0 spiro atoms. The van der Waals surface area contributed by atoms with Gasteiger partial charge in [-0.05, 0) is 51.8 Å². The third-order valence-corrected chi connectivity index (χ3v) is 8.16. The molecule has 2 fully saturated rings. The van der Waals surface area contributed by atoms with E-state index in [0.29, 0.717) is 31.2 Å². The zero-order valence-corrected chi connectivity index (χ0v) is 18.2. The molecule has 9 heteroatoms. The lowest BCUT2D eigenvalue weighted by atomic mass is 9.83. The molecule has 1 unspecified atom stereocenters. The molecule has 1 aromatic carbocycles. The number of nitro benzene ring substituents is 1. The highest BCUT2D eigenvalue weighted by Gasteiger charge is 2.32. The van der Waals surface area contributed by atoms with E-state index in [2.05, 4.69) is 24.3 Å². The van der Waals surface area contributed by atoms with Crippen LogP contribution < -0.4 is 5.32 Å². The van der Waals surface area contributed by atoms with Crippen LogP contribution >= 0.6 is 0 Å². The first-order chi connectivity index (χ1) is 13.8. The monoisotopic (exact) mass is 424 g/mol. The maximum absolute atomic E-state index is 13.2. The average Bonchev–Trinajstić information content (AvgIpc) is 3.24. The number of hydrogen-bond donors (Lipinski definition) is 1. The van der Waals surface area contributed by atoms with Crippen molar-refractivity contribution in [3.63, 3.8) is 0 Å². The minimum absolute atomic E-state index is 0.00903. The van der Waals surface area contributed by atoms with Crippen molar-refractivity contribution in [3.8, 4) is 0 Å². The van der Waals surface area contributed by atoms with Gasteiger partial charge in [0.15, 0.2) is 0 Å². The lowest BCUT2D eigenvalue weighted by Crippen LogP contribution is -2.41. The van der Waals surface area contributed by atoms with Crippen LogP contribution in [0.25, 0.3) is 0 Å². The molecule has 1 saturated heterocycles. The first kappa shape index (κ1) is 22.0. The highest BCUT2D eigenvalue weighted by molar-refractivity contribution is 7.89. The minimum atomic E-state index is -3.77. The van der Waals surface area contributed by atoms with Crippen LogP contribution in [0.15, 0.2) is 23.1 Å². The maximum Gasteiger partial charge on any atom is 0.270 e. The lowest BCUT2D eigenvalue weighted by molar-refractivity contribution is -0.385. The highest BCUT2D eigenvalue weighted by atomic mass is 32.2. The number of benzene rings is 1. The number of nitrogens with zero attached hydrogens (tertiary/aromatic N) is 3. The average molecular weight is 425 g/mol. The van der Waals surface area contributed by atoms with Gasteiger partial charge in [-0.3, -0.25) is 10.1 Å². The second-order valence-electron chi connectivity index (χ2n) is 8.36. The Bertz CT molecular complexity index is 816. The summed E-state index contributed by atoms with van der Waals surface area (Å²) in [6, 6.07) is 4.39. The van der Waals surface area contributed by atoms with Gasteiger partial charge in [-0.25, -0.2) is 8.42 Å². The number of likely N-dealkylation sites (N-methyl/N-ethyl adjacent to an activating group) is 1. The van der Waals surface area contributed by atoms with E-state index in [-0.39, 0.29) is 16.6 Å². The molecular formula is C20H32N4O4S. The molecule has 1 heterocycles. The third-order valence-electron chi connectivity index (χ3n) is 6.22. The molecule has 1 aliphatic carbocycles. The molecule has 162 valence electrons. The first-order valence-corrected chi connectivity index (χ1v) is 11.9. The molecule has 1 N–H and O–H groups in total. The Balaban J connectivity index is 1.86. The third kappa shape index (κ3) is 5.07. The van der Waals surface area contributed by atoms with E-state index < -0.39 is 14.9 Å². The standard InChI is InChI=1S/C20H32N4O4S/c1-22(2)19(16-8-4-3-5-9-16)15-21-18-11-10-17(24(25)26)14-20(18)29(27,28)23-12-6-7-13-23/h10-11,14,16,19,21H,3-9,12-13,15H2,1-2H3. The quantitative estimate of drug-likeness (QED) is 0.508. The van der Waals surface area contributed by atoms with Gasteiger partial charge < -0.3 is 10.2 Å². The van der Waals surface area contributed by atoms with E-state index in [4.69, 9.17) is 0 Å². The van der Waals surface area contributed by atoms with Gasteiger partial charge in [0.25, 0.3) is 5.69 Å². The van der Waals surface area contributed by atoms with Gasteiger partial charge in [-0.2, -0.15) is 4.31 Å². The van der Waals surface area contributed by atoms with Crippen molar-refractivity contribution in [1.82, 2.24) is 9.21 Å². The van der Waals surface area contributed by atoms with Crippen LogP contribution in [-0.2, 0) is 10.0 Å². The predicted octanol–water partition coefficient (Wildman–Crippen LogP) is 3.30. The second-order valence-corrected chi connectivity index (χ2v) is 10.3. The van der Waals surface area contributed by atoms with Gasteiger partial charge in [-0.15, -0.1) is 0 Å². The summed E-state index contributed by atoms with van der Waals surface area (Å²) in [5.41, 5.74) is 0.245. The van der Waals surface area contributed by atoms with E-state index in [0.717, 1.165) is 12.8 Å². The Morgan fingerprint density at radius 3 is 2.41 bits per heavy atom. The normalized spacial score (nSPS) is 20.1.